The van der Waals surface area contributed by atoms with Crippen molar-refractivity contribution in [2.24, 2.45) is 0 Å². The fraction of sp³-hybridized carbons (Fsp3) is 1.00. The summed E-state index contributed by atoms with van der Waals surface area (Å²) in [6.45, 7) is 0. The van der Waals surface area contributed by atoms with Gasteiger partial charge in [0.25, 0.3) is 0 Å². The van der Waals surface area contributed by atoms with Gasteiger partial charge in [-0.25, -0.2) is 0 Å². The second-order valence-electron chi connectivity index (χ2n) is 0.707. The molecular weight excluding hydrogens is 178 g/mol. The van der Waals surface area contributed by atoms with Gasteiger partial charge in [-0.3, -0.25) is 0 Å². The zero-order valence-corrected chi connectivity index (χ0v) is 7.97. The monoisotopic (exact) mass is 188 g/mol. The van der Waals surface area contributed by atoms with Crippen LogP contribution >= 0.6 is 12.4 Å². The van der Waals surface area contributed by atoms with Crippen molar-refractivity contribution in [3.63, 3.8) is 0 Å². The van der Waals surface area contributed by atoms with Crippen molar-refractivity contribution in [3.8, 4) is 0 Å². The molecule has 0 saturated heterocycles. The summed E-state index contributed by atoms with van der Waals surface area (Å²) in [5, 5.41) is 0. The summed E-state index contributed by atoms with van der Waals surface area (Å²) < 4.78 is 0. The molecule has 0 spiro atoms. The van der Waals surface area contributed by atoms with E-state index in [2.05, 4.69) is 9.88 Å². The molecule has 0 rings (SSSR count). The van der Waals surface area contributed by atoms with Crippen LogP contribution < -0.4 is 0 Å². The summed E-state index contributed by atoms with van der Waals surface area (Å²) in [5.41, 5.74) is 0. The molecule has 0 bridgehead atoms. The average Bonchev–Trinajstić information content (AvgIpc) is 0.918. The Morgan fingerprint density at radius 1 is 1.25 bits per heavy atom. The molecule has 0 N–H and O–H groups in total. The van der Waals surface area contributed by atoms with Gasteiger partial charge in [-0.2, -0.15) is 0 Å². The van der Waals surface area contributed by atoms with Crippen molar-refractivity contribution in [2.75, 3.05) is 0 Å². The van der Waals surface area contributed by atoms with Crippen molar-refractivity contribution in [1.29, 1.82) is 0 Å². The van der Waals surface area contributed by atoms with E-state index in [-0.39, 0.29) is 33.5 Å². The van der Waals surface area contributed by atoms with E-state index in [1.807, 2.05) is 0 Å². The maximum absolute atomic E-state index is 2.34. The van der Waals surface area contributed by atoms with E-state index in [1.165, 1.54) is 0 Å². The molecule has 0 radical (unpaired) electrons. The molecule has 28 valence electrons. The van der Waals surface area contributed by atoms with Crippen LogP contribution in [0.15, 0.2) is 0 Å². The van der Waals surface area contributed by atoms with Gasteiger partial charge in [0, 0.05) is 0 Å². The molecule has 4 heavy (non-hydrogen) atoms. The number of halogens is 1. The van der Waals surface area contributed by atoms with E-state index in [0.29, 0.717) is 0 Å². The Labute approximate surface area is 43.6 Å². The Balaban J connectivity index is 0. The minimum atomic E-state index is -0.01000. The van der Waals surface area contributed by atoms with Crippen LogP contribution in [-0.2, 0) is 0 Å². The average molecular weight is 187 g/mol. The van der Waals surface area contributed by atoms with Gasteiger partial charge in [-0.1, -0.05) is 0 Å². The first-order valence-corrected chi connectivity index (χ1v) is 9.49. The van der Waals surface area contributed by atoms with Crippen LogP contribution in [-0.4, -0.2) is 21.1 Å². The molecule has 0 nitrogen and oxygen atoms in total. The van der Waals surface area contributed by atoms with Gasteiger partial charge in [0.05, 0.1) is 0 Å². The fourth-order valence-corrected chi connectivity index (χ4v) is 0. The molecule has 0 aromatic carbocycles. The van der Waals surface area contributed by atoms with E-state index < -0.39 is 0 Å². The van der Waals surface area contributed by atoms with Crippen molar-refractivity contribution in [2.45, 2.75) is 9.88 Å². The van der Waals surface area contributed by atoms with E-state index in [9.17, 15) is 0 Å². The summed E-state index contributed by atoms with van der Waals surface area (Å²) in [7, 11) is 0. The third kappa shape index (κ3) is 11.4. The first kappa shape index (κ1) is 8.92. The van der Waals surface area contributed by atoms with Crippen LogP contribution in [0.5, 0.6) is 0 Å². The van der Waals surface area contributed by atoms with Crippen LogP contribution in [0.4, 0.5) is 0 Å². The van der Waals surface area contributed by atoms with Crippen LogP contribution in [0.1, 0.15) is 0 Å². The van der Waals surface area contributed by atoms with Crippen molar-refractivity contribution in [3.05, 3.63) is 0 Å². The van der Waals surface area contributed by atoms with E-state index >= 15 is 0 Å². The molecule has 0 heterocycles. The van der Waals surface area contributed by atoms with Gasteiger partial charge < -0.3 is 0 Å². The second kappa shape index (κ2) is 8.94. The molecule has 0 amide bonds. The van der Waals surface area contributed by atoms with Crippen molar-refractivity contribution >= 4 is 33.5 Å². The molecule has 0 unspecified atom stereocenters. The third-order valence-corrected chi connectivity index (χ3v) is 0. The zero-order chi connectivity index (χ0) is 2.71. The molecule has 0 fully saturated rings. The first-order valence-electron chi connectivity index (χ1n) is 1.41. The summed E-state index contributed by atoms with van der Waals surface area (Å²) in [6, 6.07) is 0. The minimum absolute atomic E-state index is 0. The van der Waals surface area contributed by atoms with Gasteiger partial charge in [-0.05, 0) is 0 Å². The standard InChI is InChI=1S/2CH3.ClH.Sn.2H/h2*1H3;1H;;;. The fourth-order valence-electron chi connectivity index (χ4n) is 0. The molecule has 0 aromatic rings. The Kier molecular flexibility index (Phi) is 19.9. The Hall–Kier alpha value is 1.09. The second-order valence-corrected chi connectivity index (χ2v) is 4.74. The van der Waals surface area contributed by atoms with E-state index in [1.54, 1.807) is 0 Å². The molecule has 0 saturated carbocycles. The van der Waals surface area contributed by atoms with Gasteiger partial charge in [0.15, 0.2) is 0 Å². The van der Waals surface area contributed by atoms with Crippen LogP contribution in [0.2, 0.25) is 9.88 Å². The van der Waals surface area contributed by atoms with E-state index in [0.717, 1.165) is 0 Å². The Morgan fingerprint density at radius 3 is 1.25 bits per heavy atom. The summed E-state index contributed by atoms with van der Waals surface area (Å²) >= 11 is -0.01000. The molecule has 0 aliphatic carbocycles. The van der Waals surface area contributed by atoms with Crippen LogP contribution in [0.3, 0.4) is 0 Å². The molecule has 0 atom stereocenters. The summed E-state index contributed by atoms with van der Waals surface area (Å²) in [5.74, 6) is 0. The topological polar surface area (TPSA) is 0 Å². The predicted molar refractivity (Wildman–Crippen MR) is 27.5 cm³/mol. The van der Waals surface area contributed by atoms with Crippen molar-refractivity contribution in [1.82, 2.24) is 0 Å². The van der Waals surface area contributed by atoms with Gasteiger partial charge in [0.2, 0.25) is 0 Å². The third-order valence-electron chi connectivity index (χ3n) is 0. The zero-order valence-electron chi connectivity index (χ0n) is 3.12. The molecule has 0 aliphatic heterocycles. The summed E-state index contributed by atoms with van der Waals surface area (Å²) in [4.78, 5) is 4.67. The maximum atomic E-state index is 2.34. The van der Waals surface area contributed by atoms with E-state index in [4.69, 9.17) is 0 Å². The molecule has 0 aliphatic rings. The number of hydrogen-bond acceptors (Lipinski definition) is 0. The van der Waals surface area contributed by atoms with Crippen molar-refractivity contribution < 1.29 is 0 Å². The normalized spacial score (nSPS) is 4.50. The van der Waals surface area contributed by atoms with Crippen LogP contribution in [0, 0.1) is 0 Å². The Bertz CT molecular complexity index is 6.00. The Morgan fingerprint density at radius 2 is 1.25 bits per heavy atom. The van der Waals surface area contributed by atoms with Gasteiger partial charge >= 0.3 is 31.0 Å². The predicted octanol–water partition coefficient (Wildman–Crippen LogP) is 0.673. The van der Waals surface area contributed by atoms with Gasteiger partial charge in [-0.15, -0.1) is 12.4 Å². The quantitative estimate of drug-likeness (QED) is 0.489. The molecular formula is C2H9ClSn. The van der Waals surface area contributed by atoms with Crippen LogP contribution in [0.25, 0.3) is 0 Å². The summed E-state index contributed by atoms with van der Waals surface area (Å²) in [6.07, 6.45) is 0. The molecule has 2 heteroatoms. The number of hydrogen-bond donors (Lipinski definition) is 0. The first-order chi connectivity index (χ1) is 1.41. The number of rotatable bonds is 0. The SMILES string of the molecule is Cl.[CH3][SnH2][CH3]. The molecule has 0 aromatic heterocycles. The van der Waals surface area contributed by atoms with Gasteiger partial charge in [0.1, 0.15) is 0 Å².